The van der Waals surface area contributed by atoms with Gasteiger partial charge < -0.3 is 17.7 Å². The Kier molecular flexibility index (Phi) is 13.8. The topological polar surface area (TPSA) is 68.1 Å². The maximum absolute atomic E-state index is 13.8. The van der Waals surface area contributed by atoms with Gasteiger partial charge in [-0.2, -0.15) is 9.13 Å². The molecule has 0 fully saturated rings. The maximum atomic E-state index is 13.8. The zero-order valence-electron chi connectivity index (χ0n) is 60.5. The summed E-state index contributed by atoms with van der Waals surface area (Å²) in [5, 5.41) is 6.50. The molecule has 16 aromatic rings. The fraction of sp³-hybridized carbons (Fsp3) is 0.160. The molecule has 0 N–H and O–H groups in total. The number of benzene rings is 8. The molecule has 0 saturated carbocycles. The Labute approximate surface area is 545 Å². The molecule has 0 atom stereocenters. The van der Waals surface area contributed by atoms with Crippen molar-refractivity contribution in [2.75, 3.05) is 0 Å². The van der Waals surface area contributed by atoms with Gasteiger partial charge in [0, 0.05) is 133 Å². The molecule has 8 nitrogen and oxygen atoms in total. The summed E-state index contributed by atoms with van der Waals surface area (Å²) in [4.78, 5) is 0. The number of fused-ring (bicyclic) bond motifs is 12. The van der Waals surface area contributed by atoms with Crippen LogP contribution in [0.4, 0.5) is 17.6 Å². The van der Waals surface area contributed by atoms with E-state index in [1.165, 1.54) is 29.8 Å². The number of pyridine rings is 4. The number of aryl methyl sites for hydroxylation is 11. The highest BCUT2D eigenvalue weighted by Crippen LogP contribution is 2.42. The van der Waals surface area contributed by atoms with E-state index >= 15 is 0 Å². The normalized spacial score (nSPS) is 12.7. The number of nitrogens with zero attached hydrogens (tertiary/aromatic N) is 4. The Morgan fingerprint density at radius 3 is 1.13 bits per heavy atom. The Bertz CT molecular complexity index is 5940. The molecule has 0 unspecified atom stereocenters. The Morgan fingerprint density at radius 2 is 0.710 bits per heavy atom. The molecule has 8 aromatic heterocycles. The van der Waals surface area contributed by atoms with Gasteiger partial charge in [0.05, 0.1) is 27.7 Å². The van der Waals surface area contributed by atoms with Gasteiger partial charge in [-0.1, -0.05) is 48.5 Å². The number of rotatable bonds is 4. The van der Waals surface area contributed by atoms with Crippen LogP contribution in [0, 0.1) is 85.5 Å². The summed E-state index contributed by atoms with van der Waals surface area (Å²) in [6.45, 7) is 14.1. The SMILES string of the molecule is [2H]c1c(F)ccc2c1oc1c(-c3cc(C)cc(C)[n+]3C)c(C)ccc12.[2H]c1c(F)ccc2c1oc1c(-c3cc(C)cc[n+]3C)c(C)ccc12.[2H]c1c(F)ccc2c1oc1c(-c3ccc(C([2H])([2H])[2H])c[n+]3C)c(C)ccc12.[2H]c1c(F)ccc2c1oc1c(-c3cccc(C)[n+]3C)c(C)ccc12. The standard InChI is InChI=1S/C21H19FNO.3C20H17FNO/c1-12-9-14(3)23(4)18(10-12)20-13(2)5-7-17-16-8-6-15(22)11-19(16)24-21(17)20;1-12-4-9-17(22(3)11-12)19-13(2)5-7-16-15-8-6-14(21)10-18(15)23-20(16)19;1-12-8-9-22(3)17(10-12)19-13(2)4-6-16-15-7-5-14(21)11-18(15)23-20(16)19;1-12-7-9-16-15-10-8-14(21)11-18(15)23-20(16)19(12)17-6-4-5-13(2)22(17)3/h5-11H,1-4H3;3*4-11H,1-3H3/q4*+1/i11D;1D3,10D;2*11D. The van der Waals surface area contributed by atoms with Crippen LogP contribution in [-0.2, 0) is 28.2 Å². The van der Waals surface area contributed by atoms with Crippen LogP contribution in [0.3, 0.4) is 0 Å². The molecule has 0 radical (unpaired) electrons. The third kappa shape index (κ3) is 11.2. The second kappa shape index (κ2) is 24.1. The van der Waals surface area contributed by atoms with Crippen LogP contribution < -0.4 is 18.3 Å². The molecule has 16 rings (SSSR count). The maximum Gasteiger partial charge on any atom is 0.216 e. The summed E-state index contributed by atoms with van der Waals surface area (Å²) in [5.41, 5.74) is 20.4. The van der Waals surface area contributed by atoms with Gasteiger partial charge in [-0.15, -0.1) is 0 Å². The van der Waals surface area contributed by atoms with Crippen molar-refractivity contribution in [3.8, 4) is 45.0 Å². The highest BCUT2D eigenvalue weighted by atomic mass is 19.1. The van der Waals surface area contributed by atoms with Gasteiger partial charge in [0.1, 0.15) is 96.1 Å². The molecule has 0 saturated heterocycles. The van der Waals surface area contributed by atoms with Gasteiger partial charge in [0.15, 0.2) is 23.8 Å². The van der Waals surface area contributed by atoms with E-state index in [2.05, 4.69) is 73.2 Å². The molecule has 0 amide bonds. The lowest BCUT2D eigenvalue weighted by Crippen LogP contribution is -2.35. The lowest BCUT2D eigenvalue weighted by atomic mass is 9.99. The second-order valence-electron chi connectivity index (χ2n) is 24.0. The van der Waals surface area contributed by atoms with Crippen LogP contribution in [-0.4, -0.2) is 0 Å². The van der Waals surface area contributed by atoms with Crippen molar-refractivity contribution < 1.29 is 63.1 Å². The molecule has 0 aliphatic heterocycles. The summed E-state index contributed by atoms with van der Waals surface area (Å²) < 4.78 is 142. The monoisotopic (exact) mass is 1250 g/mol. The number of hydrogen-bond acceptors (Lipinski definition) is 4. The molecule has 8 heterocycles. The average Bonchev–Trinajstić information content (AvgIpc) is 1.60. The molecule has 0 spiro atoms. The summed E-state index contributed by atoms with van der Waals surface area (Å²) in [7, 11) is 7.81. The highest BCUT2D eigenvalue weighted by Gasteiger charge is 2.26. The minimum absolute atomic E-state index is 0.192. The van der Waals surface area contributed by atoms with Crippen LogP contribution in [0.15, 0.2) is 206 Å². The van der Waals surface area contributed by atoms with Crippen molar-refractivity contribution in [1.29, 1.82) is 0 Å². The van der Waals surface area contributed by atoms with E-state index in [1.807, 2.05) is 114 Å². The van der Waals surface area contributed by atoms with E-state index in [9.17, 15) is 17.6 Å². The number of aromatic nitrogens is 4. The molecule has 0 bridgehead atoms. The molecule has 462 valence electrons. The van der Waals surface area contributed by atoms with E-state index in [4.69, 9.17) is 27.3 Å². The van der Waals surface area contributed by atoms with Crippen molar-refractivity contribution >= 4 is 87.8 Å². The second-order valence-corrected chi connectivity index (χ2v) is 24.0. The smallest absolute Gasteiger partial charge is 0.216 e. The van der Waals surface area contributed by atoms with E-state index in [0.29, 0.717) is 44.5 Å². The van der Waals surface area contributed by atoms with Gasteiger partial charge in [-0.3, -0.25) is 0 Å². The zero-order valence-corrected chi connectivity index (χ0v) is 53.5. The van der Waals surface area contributed by atoms with Crippen molar-refractivity contribution in [3.63, 3.8) is 0 Å². The molecule has 12 heteroatoms. The van der Waals surface area contributed by atoms with Crippen LogP contribution in [0.5, 0.6) is 0 Å². The zero-order chi connectivity index (χ0) is 71.4. The van der Waals surface area contributed by atoms with Crippen LogP contribution in [0.1, 0.15) is 59.9 Å². The average molecular weight is 1250 g/mol. The van der Waals surface area contributed by atoms with Crippen molar-refractivity contribution in [1.82, 2.24) is 0 Å². The van der Waals surface area contributed by atoms with E-state index in [1.54, 1.807) is 54.2 Å². The Balaban J connectivity index is 0.000000120. The summed E-state index contributed by atoms with van der Waals surface area (Å²) in [6.07, 6.45) is 3.60. The summed E-state index contributed by atoms with van der Waals surface area (Å²) >= 11 is 0. The van der Waals surface area contributed by atoms with E-state index in [-0.39, 0.29) is 35.3 Å². The Hall–Kier alpha value is -10.7. The van der Waals surface area contributed by atoms with Gasteiger partial charge in [-0.25, -0.2) is 26.7 Å². The van der Waals surface area contributed by atoms with Gasteiger partial charge in [0.2, 0.25) is 22.8 Å². The lowest BCUT2D eigenvalue weighted by molar-refractivity contribution is -0.666. The van der Waals surface area contributed by atoms with Crippen molar-refractivity contribution in [3.05, 3.63) is 262 Å². The number of furan rings is 4. The number of hydrogen-bond donors (Lipinski definition) is 0. The third-order valence-electron chi connectivity index (χ3n) is 17.6. The highest BCUT2D eigenvalue weighted by molar-refractivity contribution is 6.13. The summed E-state index contributed by atoms with van der Waals surface area (Å²) in [6, 6.07) is 44.9. The largest absolute Gasteiger partial charge is 0.455 e. The van der Waals surface area contributed by atoms with Crippen molar-refractivity contribution in [2.45, 2.75) is 62.2 Å². The first-order chi connectivity index (χ1) is 47.5. The fourth-order valence-electron chi connectivity index (χ4n) is 12.6. The van der Waals surface area contributed by atoms with Gasteiger partial charge in [-0.05, 0) is 142 Å². The molecule has 93 heavy (non-hydrogen) atoms. The minimum Gasteiger partial charge on any atom is -0.455 e. The van der Waals surface area contributed by atoms with Crippen LogP contribution in [0.25, 0.3) is 133 Å². The van der Waals surface area contributed by atoms with Gasteiger partial charge in [0.25, 0.3) is 0 Å². The summed E-state index contributed by atoms with van der Waals surface area (Å²) in [5.74, 6) is -2.34. The third-order valence-corrected chi connectivity index (χ3v) is 17.6. The molecular weight excluding hydrogens is 1170 g/mol. The lowest BCUT2D eigenvalue weighted by Gasteiger charge is -2.08. The van der Waals surface area contributed by atoms with Gasteiger partial charge >= 0.3 is 0 Å². The fourth-order valence-corrected chi connectivity index (χ4v) is 12.6. The van der Waals surface area contributed by atoms with Crippen molar-refractivity contribution in [2.24, 2.45) is 28.2 Å². The first kappa shape index (κ1) is 53.0. The molecule has 0 aliphatic rings. The predicted octanol–water partition coefficient (Wildman–Crippen LogP) is 19.6. The predicted molar refractivity (Wildman–Crippen MR) is 364 cm³/mol. The molecule has 0 aliphatic carbocycles. The van der Waals surface area contributed by atoms with Crippen LogP contribution >= 0.6 is 0 Å². The molecule has 8 aromatic carbocycles. The number of halogens is 4. The minimum atomic E-state index is -2.19. The molecular formula is C81H70F4N4O4+4. The quantitative estimate of drug-likeness (QED) is 0.130. The van der Waals surface area contributed by atoms with E-state index < -0.39 is 30.1 Å². The van der Waals surface area contributed by atoms with Crippen LogP contribution in [0.2, 0.25) is 0 Å². The van der Waals surface area contributed by atoms with E-state index in [0.717, 1.165) is 122 Å². The first-order valence-electron chi connectivity index (χ1n) is 33.9. The Morgan fingerprint density at radius 1 is 0.333 bits per heavy atom. The first-order valence-corrected chi connectivity index (χ1v) is 30.4.